The molecule has 0 heterocycles. The van der Waals surface area contributed by atoms with Crippen molar-refractivity contribution in [1.29, 1.82) is 0 Å². The molecule has 8 heavy (non-hydrogen) atoms. The molecule has 0 aromatic rings. The first-order valence-electron chi connectivity index (χ1n) is 1.89. The molecule has 50 valence electrons. The molecule has 0 aliphatic heterocycles. The van der Waals surface area contributed by atoms with Gasteiger partial charge >= 0.3 is 6.09 Å². The highest BCUT2D eigenvalue weighted by Gasteiger charge is 1.65. The molecule has 0 aromatic carbocycles. The summed E-state index contributed by atoms with van der Waals surface area (Å²) < 4.78 is 0. The van der Waals surface area contributed by atoms with E-state index in [-0.39, 0.29) is 0 Å². The molecule has 0 aliphatic rings. The molecule has 5 heteroatoms. The number of amides is 1. The minimum Gasteiger partial charge on any atom is -0.465 e. The molecule has 0 saturated carbocycles. The van der Waals surface area contributed by atoms with Crippen molar-refractivity contribution >= 4 is 6.09 Å². The Bertz CT molecular complexity index is 49.2. The van der Waals surface area contributed by atoms with E-state index in [1.165, 1.54) is 0 Å². The lowest BCUT2D eigenvalue weighted by Crippen LogP contribution is -2.03. The topological polar surface area (TPSA) is 92.8 Å². The molecule has 1 amide bonds. The molecule has 0 saturated heterocycles. The van der Waals surface area contributed by atoms with E-state index < -0.39 is 6.09 Å². The Kier molecular flexibility index (Phi) is 12.1. The van der Waals surface area contributed by atoms with Gasteiger partial charge in [0.1, 0.15) is 0 Å². The summed E-state index contributed by atoms with van der Waals surface area (Å²) in [5.41, 5.74) is 4.03. The molecule has 0 spiro atoms. The summed E-state index contributed by atoms with van der Waals surface area (Å²) in [6.45, 7) is 2.08. The second-order valence-corrected chi connectivity index (χ2v) is 0.756. The lowest BCUT2D eigenvalue weighted by atomic mass is 10.9. The zero-order valence-electron chi connectivity index (χ0n) is 4.50. The Morgan fingerprint density at radius 1 is 1.88 bits per heavy atom. The van der Waals surface area contributed by atoms with Crippen molar-refractivity contribution in [3.63, 3.8) is 0 Å². The van der Waals surface area contributed by atoms with Crippen molar-refractivity contribution in [2.45, 2.75) is 6.92 Å². The average Bonchev–Trinajstić information content (AvgIpc) is 1.65. The van der Waals surface area contributed by atoms with Gasteiger partial charge in [0, 0.05) is 0 Å². The van der Waals surface area contributed by atoms with Crippen LogP contribution in [0.3, 0.4) is 0 Å². The number of carboxylic acid groups (broad SMARTS) is 1. The van der Waals surface area contributed by atoms with Crippen molar-refractivity contribution in [2.75, 3.05) is 6.61 Å². The second-order valence-electron chi connectivity index (χ2n) is 0.756. The molecule has 0 aromatic heterocycles. The molecule has 0 unspecified atom stereocenters. The minimum atomic E-state index is -1.33. The molecular formula is C3H9NO4. The van der Waals surface area contributed by atoms with Crippen molar-refractivity contribution in [3.8, 4) is 0 Å². The summed E-state index contributed by atoms with van der Waals surface area (Å²) in [7, 11) is 0. The zero-order chi connectivity index (χ0) is 6.99. The Hall–Kier alpha value is -0.810. The molecule has 5 nitrogen and oxygen atoms in total. The van der Waals surface area contributed by atoms with Gasteiger partial charge in [0.25, 0.3) is 0 Å². The minimum absolute atomic E-state index is 0.375. The summed E-state index contributed by atoms with van der Waals surface area (Å²) >= 11 is 0. The van der Waals surface area contributed by atoms with E-state index in [2.05, 4.69) is 10.6 Å². The smallest absolute Gasteiger partial charge is 0.402 e. The van der Waals surface area contributed by atoms with Crippen LogP contribution in [0.4, 0.5) is 4.79 Å². The van der Waals surface area contributed by atoms with Crippen LogP contribution >= 0.6 is 0 Å². The van der Waals surface area contributed by atoms with Crippen molar-refractivity contribution in [2.24, 2.45) is 5.73 Å². The third-order valence-electron chi connectivity index (χ3n) is 0.129. The number of carbonyl (C=O) groups is 1. The van der Waals surface area contributed by atoms with Gasteiger partial charge in [-0.05, 0) is 6.92 Å². The molecular weight excluding hydrogens is 114 g/mol. The summed E-state index contributed by atoms with van der Waals surface area (Å²) in [5.74, 6) is 0. The van der Waals surface area contributed by atoms with Gasteiger partial charge in [0.2, 0.25) is 0 Å². The fourth-order valence-electron chi connectivity index (χ4n) is 0. The van der Waals surface area contributed by atoms with Crippen LogP contribution in [0.1, 0.15) is 6.92 Å². The Morgan fingerprint density at radius 3 is 2.00 bits per heavy atom. The maximum Gasteiger partial charge on any atom is 0.402 e. The van der Waals surface area contributed by atoms with Gasteiger partial charge in [-0.25, -0.2) is 9.68 Å². The summed E-state index contributed by atoms with van der Waals surface area (Å²) in [5, 5.41) is 14.6. The number of hydrogen-bond donors (Lipinski definition) is 3. The molecule has 0 bridgehead atoms. The number of primary amides is 1. The van der Waals surface area contributed by atoms with Gasteiger partial charge in [-0.15, -0.1) is 0 Å². The van der Waals surface area contributed by atoms with E-state index in [0.717, 1.165) is 0 Å². The first-order valence-corrected chi connectivity index (χ1v) is 1.89. The van der Waals surface area contributed by atoms with Crippen LogP contribution < -0.4 is 5.73 Å². The number of rotatable bonds is 1. The second kappa shape index (κ2) is 9.50. The van der Waals surface area contributed by atoms with Gasteiger partial charge in [-0.2, -0.15) is 0 Å². The van der Waals surface area contributed by atoms with Crippen LogP contribution in [-0.4, -0.2) is 23.1 Å². The van der Waals surface area contributed by atoms with Crippen LogP contribution in [0.5, 0.6) is 0 Å². The lowest BCUT2D eigenvalue weighted by molar-refractivity contribution is -0.237. The van der Waals surface area contributed by atoms with Crippen molar-refractivity contribution in [1.82, 2.24) is 0 Å². The molecule has 0 rings (SSSR count). The number of nitrogens with two attached hydrogens (primary N) is 1. The molecule has 0 radical (unpaired) electrons. The van der Waals surface area contributed by atoms with E-state index in [9.17, 15) is 0 Å². The fraction of sp³-hybridized carbons (Fsp3) is 0.667. The predicted octanol–water partition coefficient (Wildman–Crippen LogP) is 0.119. The highest BCUT2D eigenvalue weighted by Crippen LogP contribution is 1.51. The Labute approximate surface area is 46.6 Å². The van der Waals surface area contributed by atoms with Gasteiger partial charge in [-0.3, -0.25) is 5.26 Å². The molecule has 0 atom stereocenters. The van der Waals surface area contributed by atoms with Gasteiger partial charge in [0.05, 0.1) is 6.61 Å². The highest BCUT2D eigenvalue weighted by atomic mass is 17.1. The van der Waals surface area contributed by atoms with Crippen LogP contribution in [-0.2, 0) is 4.89 Å². The zero-order valence-corrected chi connectivity index (χ0v) is 4.50. The molecule has 4 N–H and O–H groups in total. The molecule has 0 fully saturated rings. The van der Waals surface area contributed by atoms with E-state index >= 15 is 0 Å². The van der Waals surface area contributed by atoms with Crippen molar-refractivity contribution in [3.05, 3.63) is 0 Å². The third-order valence-corrected chi connectivity index (χ3v) is 0.129. The standard InChI is InChI=1S/C2H6O2.CH3NO2/c1-2-4-3;2-1(3)4/h3H,2H2,1H3;2H2,(H,3,4). The van der Waals surface area contributed by atoms with Crippen LogP contribution in [0.25, 0.3) is 0 Å². The first-order chi connectivity index (χ1) is 3.65. The van der Waals surface area contributed by atoms with Crippen LogP contribution in [0, 0.1) is 0 Å². The van der Waals surface area contributed by atoms with Gasteiger partial charge in [-0.1, -0.05) is 0 Å². The van der Waals surface area contributed by atoms with E-state index in [1.54, 1.807) is 6.92 Å². The largest absolute Gasteiger partial charge is 0.465 e. The average molecular weight is 123 g/mol. The van der Waals surface area contributed by atoms with Crippen LogP contribution in [0.15, 0.2) is 0 Å². The summed E-state index contributed by atoms with van der Waals surface area (Å²) in [6.07, 6.45) is -1.33. The predicted molar refractivity (Wildman–Crippen MR) is 26.5 cm³/mol. The van der Waals surface area contributed by atoms with E-state index in [1.807, 2.05) is 0 Å². The third kappa shape index (κ3) is 2520. The van der Waals surface area contributed by atoms with Crippen molar-refractivity contribution < 1.29 is 20.0 Å². The fourth-order valence-corrected chi connectivity index (χ4v) is 0. The van der Waals surface area contributed by atoms with E-state index in [4.69, 9.17) is 15.2 Å². The molecule has 0 aliphatic carbocycles. The Morgan fingerprint density at radius 2 is 2.00 bits per heavy atom. The maximum atomic E-state index is 8.78. The Balaban J connectivity index is 0. The monoisotopic (exact) mass is 123 g/mol. The normalized spacial score (nSPS) is 6.75. The summed E-state index contributed by atoms with van der Waals surface area (Å²) in [4.78, 5) is 12.3. The summed E-state index contributed by atoms with van der Waals surface area (Å²) in [6, 6.07) is 0. The van der Waals surface area contributed by atoms with Crippen LogP contribution in [0.2, 0.25) is 0 Å². The van der Waals surface area contributed by atoms with E-state index in [0.29, 0.717) is 6.61 Å². The van der Waals surface area contributed by atoms with Gasteiger partial charge in [0.15, 0.2) is 0 Å². The quantitative estimate of drug-likeness (QED) is 0.341. The maximum absolute atomic E-state index is 8.78. The lowest BCUT2D eigenvalue weighted by Gasteiger charge is -1.73. The number of hydrogen-bond acceptors (Lipinski definition) is 3. The SMILES string of the molecule is CCOO.NC(=O)O. The first kappa shape index (κ1) is 10.2. The van der Waals surface area contributed by atoms with Gasteiger partial charge < -0.3 is 10.8 Å². The highest BCUT2D eigenvalue weighted by molar-refractivity contribution is 5.61.